The van der Waals surface area contributed by atoms with E-state index >= 15 is 0 Å². The van der Waals surface area contributed by atoms with E-state index in [1.54, 1.807) is 25.1 Å². The van der Waals surface area contributed by atoms with Gasteiger partial charge in [-0.15, -0.1) is 0 Å². The molecule has 0 spiro atoms. The Morgan fingerprint density at radius 3 is 2.11 bits per heavy atom. The number of sulfonamides is 1. The van der Waals surface area contributed by atoms with Crippen molar-refractivity contribution >= 4 is 50.7 Å². The number of nitrogens with zero attached hydrogens (tertiary/aromatic N) is 2. The van der Waals surface area contributed by atoms with E-state index in [9.17, 15) is 18.0 Å². The average molecular weight is 571 g/mol. The first kappa shape index (κ1) is 30.9. The van der Waals surface area contributed by atoms with Crippen LogP contribution in [0.2, 0.25) is 10.0 Å². The quantitative estimate of drug-likeness (QED) is 0.366. The molecule has 0 aliphatic carbocycles. The molecule has 2 rings (SSSR count). The van der Waals surface area contributed by atoms with Crippen molar-refractivity contribution in [1.29, 1.82) is 0 Å². The van der Waals surface area contributed by atoms with E-state index in [-0.39, 0.29) is 43.8 Å². The number of hydrogen-bond acceptors (Lipinski definition) is 4. The smallest absolute Gasteiger partial charge is 0.242 e. The molecule has 0 aliphatic heterocycles. The van der Waals surface area contributed by atoms with E-state index in [1.165, 1.54) is 9.21 Å². The fraction of sp³-hybridized carbons (Fsp3) is 0.481. The number of benzene rings is 2. The second kappa shape index (κ2) is 13.5. The van der Waals surface area contributed by atoms with Crippen molar-refractivity contribution in [3.63, 3.8) is 0 Å². The minimum absolute atomic E-state index is 0.0415. The van der Waals surface area contributed by atoms with Gasteiger partial charge < -0.3 is 10.2 Å². The predicted octanol–water partition coefficient (Wildman–Crippen LogP) is 5.49. The SMILES string of the molecule is CCC(C)NC(=O)C(C)N(Cc1c(Cl)cccc1Cl)C(=O)CCCN(c1cc(C)cc(C)c1)S(C)(=O)=O. The van der Waals surface area contributed by atoms with Crippen LogP contribution in [-0.4, -0.2) is 50.0 Å². The Bertz CT molecular complexity index is 1180. The molecule has 0 saturated carbocycles. The summed E-state index contributed by atoms with van der Waals surface area (Å²) in [4.78, 5) is 27.8. The van der Waals surface area contributed by atoms with Gasteiger partial charge in [0, 0.05) is 41.2 Å². The zero-order valence-electron chi connectivity index (χ0n) is 22.3. The molecule has 0 bridgehead atoms. The monoisotopic (exact) mass is 569 g/mol. The fourth-order valence-electron chi connectivity index (χ4n) is 4.00. The van der Waals surface area contributed by atoms with Crippen LogP contribution in [0, 0.1) is 13.8 Å². The third-order valence-corrected chi connectivity index (χ3v) is 8.11. The molecule has 0 saturated heterocycles. The van der Waals surface area contributed by atoms with E-state index in [1.807, 2.05) is 45.9 Å². The van der Waals surface area contributed by atoms with Gasteiger partial charge >= 0.3 is 0 Å². The summed E-state index contributed by atoms with van der Waals surface area (Å²) in [6, 6.07) is 9.84. The van der Waals surface area contributed by atoms with Crippen LogP contribution in [0.1, 0.15) is 56.7 Å². The van der Waals surface area contributed by atoms with Crippen molar-refractivity contribution in [1.82, 2.24) is 10.2 Å². The first-order valence-electron chi connectivity index (χ1n) is 12.3. The van der Waals surface area contributed by atoms with Crippen LogP contribution in [0.25, 0.3) is 0 Å². The molecular weight excluding hydrogens is 533 g/mol. The second-order valence-corrected chi connectivity index (χ2v) is 12.2. The zero-order chi connectivity index (χ0) is 27.9. The third-order valence-electron chi connectivity index (χ3n) is 6.21. The standard InChI is InChI=1S/C27H37Cl2N3O4S/c1-7-20(4)30-27(34)21(5)31(17-23-24(28)10-8-11-25(23)29)26(33)12-9-13-32(37(6,35)36)22-15-18(2)14-19(3)16-22/h8,10-11,14-16,20-21H,7,9,12-13,17H2,1-6H3,(H,30,34). The molecule has 2 unspecified atom stereocenters. The maximum absolute atomic E-state index is 13.4. The zero-order valence-corrected chi connectivity index (χ0v) is 24.7. The Balaban J connectivity index is 2.26. The summed E-state index contributed by atoms with van der Waals surface area (Å²) < 4.78 is 26.4. The van der Waals surface area contributed by atoms with Gasteiger partial charge in [-0.25, -0.2) is 8.42 Å². The minimum atomic E-state index is -3.57. The Hall–Kier alpha value is -2.29. The van der Waals surface area contributed by atoms with E-state index in [2.05, 4.69) is 5.32 Å². The van der Waals surface area contributed by atoms with E-state index in [0.717, 1.165) is 23.8 Å². The van der Waals surface area contributed by atoms with Gasteiger partial charge in [-0.3, -0.25) is 13.9 Å². The number of carbonyl (C=O) groups excluding carboxylic acids is 2. The molecule has 7 nitrogen and oxygen atoms in total. The fourth-order valence-corrected chi connectivity index (χ4v) is 5.47. The van der Waals surface area contributed by atoms with Gasteiger partial charge in [-0.05, 0) is 75.9 Å². The molecule has 1 N–H and O–H groups in total. The first-order chi connectivity index (χ1) is 17.2. The highest BCUT2D eigenvalue weighted by Gasteiger charge is 2.28. The number of rotatable bonds is 12. The van der Waals surface area contributed by atoms with E-state index < -0.39 is 16.1 Å². The number of amides is 2. The Labute approximate surface area is 231 Å². The number of carbonyl (C=O) groups is 2. The lowest BCUT2D eigenvalue weighted by molar-refractivity contribution is -0.140. The normalized spacial score (nSPS) is 13.1. The molecule has 10 heteroatoms. The maximum atomic E-state index is 13.4. The third kappa shape index (κ3) is 8.90. The highest BCUT2D eigenvalue weighted by atomic mass is 35.5. The van der Waals surface area contributed by atoms with Gasteiger partial charge in [0.25, 0.3) is 0 Å². The second-order valence-electron chi connectivity index (χ2n) is 9.50. The summed E-state index contributed by atoms with van der Waals surface area (Å²) in [6.45, 7) is 9.52. The highest BCUT2D eigenvalue weighted by molar-refractivity contribution is 7.92. The summed E-state index contributed by atoms with van der Waals surface area (Å²) >= 11 is 12.7. The largest absolute Gasteiger partial charge is 0.352 e. The maximum Gasteiger partial charge on any atom is 0.242 e. The van der Waals surface area contributed by atoms with Gasteiger partial charge in [0.1, 0.15) is 6.04 Å². The van der Waals surface area contributed by atoms with E-state index in [4.69, 9.17) is 23.2 Å². The predicted molar refractivity (Wildman–Crippen MR) is 152 cm³/mol. The summed E-state index contributed by atoms with van der Waals surface area (Å²) in [7, 11) is -3.57. The van der Waals surface area contributed by atoms with Gasteiger partial charge in [0.15, 0.2) is 0 Å². The molecule has 0 fully saturated rings. The molecule has 2 atom stereocenters. The number of halogens is 2. The van der Waals surface area contributed by atoms with Crippen molar-refractivity contribution in [2.24, 2.45) is 0 Å². The van der Waals surface area contributed by atoms with Crippen molar-refractivity contribution in [2.45, 2.75) is 72.5 Å². The van der Waals surface area contributed by atoms with Crippen LogP contribution < -0.4 is 9.62 Å². The minimum Gasteiger partial charge on any atom is -0.352 e. The van der Waals surface area contributed by atoms with Crippen LogP contribution in [0.15, 0.2) is 36.4 Å². The van der Waals surface area contributed by atoms with Crippen LogP contribution in [0.5, 0.6) is 0 Å². The highest BCUT2D eigenvalue weighted by Crippen LogP contribution is 2.27. The van der Waals surface area contributed by atoms with Crippen LogP contribution in [0.3, 0.4) is 0 Å². The molecule has 2 aromatic rings. The average Bonchev–Trinajstić information content (AvgIpc) is 2.79. The summed E-state index contributed by atoms with van der Waals surface area (Å²) in [6.07, 6.45) is 2.22. The number of aryl methyl sites for hydroxylation is 2. The molecule has 204 valence electrons. The van der Waals surface area contributed by atoms with Gasteiger partial charge in [0.05, 0.1) is 11.9 Å². The van der Waals surface area contributed by atoms with Crippen molar-refractivity contribution in [2.75, 3.05) is 17.1 Å². The molecule has 0 radical (unpaired) electrons. The van der Waals surface area contributed by atoms with Gasteiger partial charge in [0.2, 0.25) is 21.8 Å². The Kier molecular flexibility index (Phi) is 11.3. The number of nitrogens with one attached hydrogen (secondary N) is 1. The van der Waals surface area contributed by atoms with E-state index in [0.29, 0.717) is 21.3 Å². The summed E-state index contributed by atoms with van der Waals surface area (Å²) in [5.41, 5.74) is 3.01. The number of anilines is 1. The van der Waals surface area contributed by atoms with Gasteiger partial charge in [-0.2, -0.15) is 0 Å². The lowest BCUT2D eigenvalue weighted by Gasteiger charge is -2.30. The molecule has 0 heterocycles. The lowest BCUT2D eigenvalue weighted by atomic mass is 10.1. The van der Waals surface area contributed by atoms with Crippen molar-refractivity contribution in [3.8, 4) is 0 Å². The topological polar surface area (TPSA) is 86.8 Å². The molecule has 0 aliphatic rings. The first-order valence-corrected chi connectivity index (χ1v) is 14.9. The Morgan fingerprint density at radius 1 is 1.03 bits per heavy atom. The van der Waals surface area contributed by atoms with Crippen LogP contribution >= 0.6 is 23.2 Å². The Morgan fingerprint density at radius 2 is 1.59 bits per heavy atom. The lowest BCUT2D eigenvalue weighted by Crippen LogP contribution is -2.49. The molecular formula is C27H37Cl2N3O4S. The van der Waals surface area contributed by atoms with Crippen molar-refractivity contribution < 1.29 is 18.0 Å². The molecule has 2 amide bonds. The van der Waals surface area contributed by atoms with Crippen molar-refractivity contribution in [3.05, 3.63) is 63.1 Å². The van der Waals surface area contributed by atoms with Crippen LogP contribution in [0.4, 0.5) is 5.69 Å². The van der Waals surface area contributed by atoms with Crippen LogP contribution in [-0.2, 0) is 26.2 Å². The molecule has 2 aromatic carbocycles. The van der Waals surface area contributed by atoms with Gasteiger partial charge in [-0.1, -0.05) is 42.3 Å². The summed E-state index contributed by atoms with van der Waals surface area (Å²) in [5.74, 6) is -0.574. The molecule has 0 aromatic heterocycles. The molecule has 37 heavy (non-hydrogen) atoms. The number of hydrogen-bond donors (Lipinski definition) is 1. The summed E-state index contributed by atoms with van der Waals surface area (Å²) in [5, 5.41) is 3.72.